The van der Waals surface area contributed by atoms with E-state index in [9.17, 15) is 9.90 Å². The van der Waals surface area contributed by atoms with Gasteiger partial charge in [0.2, 0.25) is 0 Å². The fourth-order valence-corrected chi connectivity index (χ4v) is 3.16. The van der Waals surface area contributed by atoms with Gasteiger partial charge in [0, 0.05) is 25.7 Å². The molecule has 2 rings (SSSR count). The number of benzene rings is 1. The number of aliphatic carboxylic acids is 1. The van der Waals surface area contributed by atoms with Gasteiger partial charge in [-0.1, -0.05) is 11.6 Å². The lowest BCUT2D eigenvalue weighted by Gasteiger charge is -2.36. The first-order chi connectivity index (χ1) is 11.0. The van der Waals surface area contributed by atoms with E-state index in [2.05, 4.69) is 5.32 Å². The minimum absolute atomic E-state index is 0.241. The molecule has 0 aromatic heterocycles. The van der Waals surface area contributed by atoms with Gasteiger partial charge in [0.15, 0.2) is 11.5 Å². The minimum Gasteiger partial charge on any atom is -0.493 e. The number of methoxy groups -OCH3 is 1. The predicted molar refractivity (Wildman–Crippen MR) is 88.6 cm³/mol. The fraction of sp³-hybridized carbons (Fsp3) is 0.562. The van der Waals surface area contributed by atoms with Gasteiger partial charge in [-0.15, -0.1) is 0 Å². The fourth-order valence-electron chi connectivity index (χ4n) is 2.89. The van der Waals surface area contributed by atoms with E-state index < -0.39 is 12.0 Å². The zero-order chi connectivity index (χ0) is 17.0. The average Bonchev–Trinajstić information content (AvgIpc) is 2.49. The van der Waals surface area contributed by atoms with E-state index in [4.69, 9.17) is 21.1 Å². The molecule has 0 saturated carbocycles. The monoisotopic (exact) mass is 342 g/mol. The first kappa shape index (κ1) is 17.8. The van der Waals surface area contributed by atoms with Crippen LogP contribution >= 0.6 is 11.6 Å². The zero-order valence-electron chi connectivity index (χ0n) is 13.6. The van der Waals surface area contributed by atoms with E-state index in [-0.39, 0.29) is 6.04 Å². The Hall–Kier alpha value is -1.50. The largest absolute Gasteiger partial charge is 0.493 e. The highest BCUT2D eigenvalue weighted by Crippen LogP contribution is 2.39. The van der Waals surface area contributed by atoms with Crippen molar-refractivity contribution in [1.82, 2.24) is 10.2 Å². The van der Waals surface area contributed by atoms with Crippen molar-refractivity contribution in [3.63, 3.8) is 0 Å². The van der Waals surface area contributed by atoms with E-state index in [1.807, 2.05) is 18.7 Å². The molecule has 1 heterocycles. The van der Waals surface area contributed by atoms with Crippen molar-refractivity contribution in [2.45, 2.75) is 25.9 Å². The molecule has 2 atom stereocenters. The van der Waals surface area contributed by atoms with Gasteiger partial charge >= 0.3 is 5.97 Å². The molecule has 1 aliphatic rings. The van der Waals surface area contributed by atoms with E-state index in [1.54, 1.807) is 12.1 Å². The molecule has 23 heavy (non-hydrogen) atoms. The van der Waals surface area contributed by atoms with Crippen molar-refractivity contribution in [2.24, 2.45) is 0 Å². The van der Waals surface area contributed by atoms with E-state index in [0.717, 1.165) is 6.54 Å². The first-order valence-corrected chi connectivity index (χ1v) is 8.06. The maximum atomic E-state index is 11.9. The molecule has 1 aromatic carbocycles. The summed E-state index contributed by atoms with van der Waals surface area (Å²) >= 11 is 6.28. The number of carboxylic acids is 1. The van der Waals surface area contributed by atoms with Crippen molar-refractivity contribution in [2.75, 3.05) is 33.4 Å². The number of carbonyl (C=O) groups is 1. The van der Waals surface area contributed by atoms with Crippen molar-refractivity contribution in [3.05, 3.63) is 22.7 Å². The molecule has 2 unspecified atom stereocenters. The van der Waals surface area contributed by atoms with Crippen molar-refractivity contribution in [3.8, 4) is 11.5 Å². The van der Waals surface area contributed by atoms with Crippen LogP contribution in [0.3, 0.4) is 0 Å². The maximum Gasteiger partial charge on any atom is 0.325 e. The average molecular weight is 343 g/mol. The van der Waals surface area contributed by atoms with E-state index >= 15 is 0 Å². The lowest BCUT2D eigenvalue weighted by Crippen LogP contribution is -2.51. The summed E-state index contributed by atoms with van der Waals surface area (Å²) in [6.07, 6.45) is 0. The van der Waals surface area contributed by atoms with Crippen LogP contribution in [0.1, 0.15) is 25.5 Å². The van der Waals surface area contributed by atoms with Gasteiger partial charge in [0.1, 0.15) is 6.04 Å². The normalized spacial score (nSPS) is 20.1. The molecule has 7 heteroatoms. The summed E-state index contributed by atoms with van der Waals surface area (Å²) < 4.78 is 10.8. The lowest BCUT2D eigenvalue weighted by molar-refractivity contribution is -0.144. The van der Waals surface area contributed by atoms with Crippen LogP contribution in [0.15, 0.2) is 12.1 Å². The molecule has 2 N–H and O–H groups in total. The Kier molecular flexibility index (Phi) is 6.10. The number of nitrogens with zero attached hydrogens (tertiary/aromatic N) is 1. The van der Waals surface area contributed by atoms with Crippen molar-refractivity contribution < 1.29 is 19.4 Å². The van der Waals surface area contributed by atoms with Crippen LogP contribution in [0.25, 0.3) is 0 Å². The van der Waals surface area contributed by atoms with Crippen LogP contribution in [0, 0.1) is 0 Å². The van der Waals surface area contributed by atoms with Gasteiger partial charge < -0.3 is 19.9 Å². The van der Waals surface area contributed by atoms with Crippen LogP contribution in [0.2, 0.25) is 5.02 Å². The molecule has 128 valence electrons. The minimum atomic E-state index is -0.902. The summed E-state index contributed by atoms with van der Waals surface area (Å²) in [4.78, 5) is 13.8. The second kappa shape index (κ2) is 7.86. The molecular formula is C16H23ClN2O4. The number of hydrogen-bond acceptors (Lipinski definition) is 5. The molecular weight excluding hydrogens is 320 g/mol. The lowest BCUT2D eigenvalue weighted by atomic mass is 10.0. The summed E-state index contributed by atoms with van der Waals surface area (Å²) in [6.45, 7) is 6.42. The summed E-state index contributed by atoms with van der Waals surface area (Å²) in [5.41, 5.74) is 0.594. The van der Waals surface area contributed by atoms with E-state index in [0.29, 0.717) is 41.8 Å². The van der Waals surface area contributed by atoms with Gasteiger partial charge in [-0.3, -0.25) is 9.69 Å². The maximum absolute atomic E-state index is 11.9. The molecule has 0 radical (unpaired) electrons. The molecule has 0 spiro atoms. The Morgan fingerprint density at radius 3 is 2.87 bits per heavy atom. The predicted octanol–water partition coefficient (Wildman–Crippen LogP) is 2.17. The Balaban J connectivity index is 2.39. The number of piperazine rings is 1. The Labute approximate surface area is 141 Å². The molecule has 0 bridgehead atoms. The standard InChI is InChI=1S/C16H23ClN2O4/c1-4-23-15-12(17)7-11(8-13(15)22-3)14(16(20)21)19-6-5-18-10(2)9-19/h7-8,10,14,18H,4-6,9H2,1-3H3,(H,20,21). The number of carboxylic acid groups (broad SMARTS) is 1. The number of rotatable bonds is 6. The first-order valence-electron chi connectivity index (χ1n) is 7.68. The second-order valence-corrected chi connectivity index (χ2v) is 5.97. The highest BCUT2D eigenvalue weighted by molar-refractivity contribution is 6.32. The highest BCUT2D eigenvalue weighted by atomic mass is 35.5. The third-order valence-corrected chi connectivity index (χ3v) is 4.14. The molecule has 6 nitrogen and oxygen atoms in total. The summed E-state index contributed by atoms with van der Waals surface area (Å²) in [6, 6.07) is 2.83. The van der Waals surface area contributed by atoms with Gasteiger partial charge in [0.25, 0.3) is 0 Å². The van der Waals surface area contributed by atoms with Crippen LogP contribution < -0.4 is 14.8 Å². The SMILES string of the molecule is CCOc1c(Cl)cc(C(C(=O)O)N2CCNC(C)C2)cc1OC. The topological polar surface area (TPSA) is 71.0 Å². The summed E-state index contributed by atoms with van der Waals surface area (Å²) in [7, 11) is 1.51. The van der Waals surface area contributed by atoms with Gasteiger partial charge in [-0.05, 0) is 31.5 Å². The molecule has 1 saturated heterocycles. The number of ether oxygens (including phenoxy) is 2. The summed E-state index contributed by atoms with van der Waals surface area (Å²) in [5, 5.41) is 13.4. The number of halogens is 1. The highest BCUT2D eigenvalue weighted by Gasteiger charge is 2.31. The summed E-state index contributed by atoms with van der Waals surface area (Å²) in [5.74, 6) is -0.0107. The van der Waals surface area contributed by atoms with Gasteiger partial charge in [0.05, 0.1) is 18.7 Å². The molecule has 1 aromatic rings. The smallest absolute Gasteiger partial charge is 0.325 e. The van der Waals surface area contributed by atoms with Gasteiger partial charge in [-0.2, -0.15) is 0 Å². The van der Waals surface area contributed by atoms with E-state index in [1.165, 1.54) is 7.11 Å². The van der Waals surface area contributed by atoms with Crippen LogP contribution in [-0.4, -0.2) is 55.4 Å². The second-order valence-electron chi connectivity index (χ2n) is 5.56. The third kappa shape index (κ3) is 4.07. The number of hydrogen-bond donors (Lipinski definition) is 2. The Morgan fingerprint density at radius 1 is 1.57 bits per heavy atom. The van der Waals surface area contributed by atoms with Crippen LogP contribution in [-0.2, 0) is 4.79 Å². The van der Waals surface area contributed by atoms with Gasteiger partial charge in [-0.25, -0.2) is 0 Å². The molecule has 0 amide bonds. The van der Waals surface area contributed by atoms with Crippen molar-refractivity contribution in [1.29, 1.82) is 0 Å². The quantitative estimate of drug-likeness (QED) is 0.825. The molecule has 1 fully saturated rings. The van der Waals surface area contributed by atoms with Crippen LogP contribution in [0.5, 0.6) is 11.5 Å². The molecule has 0 aliphatic carbocycles. The number of nitrogens with one attached hydrogen (secondary N) is 1. The van der Waals surface area contributed by atoms with Crippen LogP contribution in [0.4, 0.5) is 0 Å². The third-order valence-electron chi connectivity index (χ3n) is 3.86. The zero-order valence-corrected chi connectivity index (χ0v) is 14.4. The van der Waals surface area contributed by atoms with Crippen molar-refractivity contribution >= 4 is 17.6 Å². The Morgan fingerprint density at radius 2 is 2.30 bits per heavy atom. The molecule has 1 aliphatic heterocycles. The Bertz CT molecular complexity index is 567.